The van der Waals surface area contributed by atoms with E-state index in [9.17, 15) is 14.7 Å². The van der Waals surface area contributed by atoms with Crippen molar-refractivity contribution >= 4 is 28.4 Å². The lowest BCUT2D eigenvalue weighted by Gasteiger charge is -2.14. The molecule has 0 saturated heterocycles. The van der Waals surface area contributed by atoms with Crippen LogP contribution in [0.3, 0.4) is 0 Å². The highest BCUT2D eigenvalue weighted by Gasteiger charge is 2.27. The molecule has 0 aliphatic heterocycles. The van der Waals surface area contributed by atoms with Crippen molar-refractivity contribution in [2.24, 2.45) is 0 Å². The molecule has 32 heavy (non-hydrogen) atoms. The van der Waals surface area contributed by atoms with Crippen LogP contribution in [0.1, 0.15) is 27.9 Å². The molecule has 6 heteroatoms. The number of para-hydroxylation sites is 2. The second-order valence-corrected chi connectivity index (χ2v) is 7.52. The highest BCUT2D eigenvalue weighted by atomic mass is 16.5. The number of aliphatic hydroxyl groups excluding tert-OH is 1. The SMILES string of the molecule is Cc1cc(C)c(OC(=O)/C(=C(\O)c2ccccc2)c2nc3ccccc3oc2=O)c(C)c1. The van der Waals surface area contributed by atoms with Gasteiger partial charge in [-0.15, -0.1) is 0 Å². The maximum absolute atomic E-state index is 13.3. The molecule has 6 nitrogen and oxygen atoms in total. The van der Waals surface area contributed by atoms with Crippen molar-refractivity contribution in [3.63, 3.8) is 0 Å². The molecule has 0 spiro atoms. The fourth-order valence-electron chi connectivity index (χ4n) is 3.63. The van der Waals surface area contributed by atoms with E-state index in [0.29, 0.717) is 16.8 Å². The predicted octanol–water partition coefficient (Wildman–Crippen LogP) is 5.15. The minimum absolute atomic E-state index is 0.276. The summed E-state index contributed by atoms with van der Waals surface area (Å²) < 4.78 is 11.0. The molecule has 0 fully saturated rings. The van der Waals surface area contributed by atoms with Gasteiger partial charge in [-0.05, 0) is 44.0 Å². The standard InChI is InChI=1S/C26H21NO5/c1-15-13-16(2)24(17(3)14-15)32-25(29)21(23(28)18-9-5-4-6-10-18)22-26(30)31-20-12-8-7-11-19(20)27-22/h4-14,28H,1-3H3/b23-21-. The maximum Gasteiger partial charge on any atom is 0.363 e. The molecule has 0 bridgehead atoms. The lowest BCUT2D eigenvalue weighted by atomic mass is 10.0. The van der Waals surface area contributed by atoms with E-state index in [0.717, 1.165) is 16.7 Å². The van der Waals surface area contributed by atoms with E-state index in [2.05, 4.69) is 4.98 Å². The van der Waals surface area contributed by atoms with E-state index in [1.165, 1.54) is 0 Å². The number of esters is 1. The van der Waals surface area contributed by atoms with Gasteiger partial charge in [-0.2, -0.15) is 0 Å². The van der Waals surface area contributed by atoms with Crippen molar-refractivity contribution < 1.29 is 19.1 Å². The number of aromatic nitrogens is 1. The summed E-state index contributed by atoms with van der Waals surface area (Å²) in [6.45, 7) is 5.60. The first kappa shape index (κ1) is 21.1. The summed E-state index contributed by atoms with van der Waals surface area (Å²) in [5, 5.41) is 11.0. The fourth-order valence-corrected chi connectivity index (χ4v) is 3.63. The maximum atomic E-state index is 13.3. The monoisotopic (exact) mass is 427 g/mol. The number of carbonyl (C=O) groups excluding carboxylic acids is 1. The van der Waals surface area contributed by atoms with Crippen LogP contribution in [0.25, 0.3) is 22.4 Å². The molecular formula is C26H21NO5. The number of nitrogens with zero attached hydrogens (tertiary/aromatic N) is 1. The van der Waals surface area contributed by atoms with Crippen LogP contribution in [0, 0.1) is 20.8 Å². The zero-order chi connectivity index (χ0) is 22.8. The average Bonchev–Trinajstić information content (AvgIpc) is 2.77. The Morgan fingerprint density at radius 2 is 1.56 bits per heavy atom. The lowest BCUT2D eigenvalue weighted by molar-refractivity contribution is -0.128. The van der Waals surface area contributed by atoms with Gasteiger partial charge in [-0.3, -0.25) is 0 Å². The van der Waals surface area contributed by atoms with Crippen molar-refractivity contribution in [1.82, 2.24) is 4.98 Å². The molecule has 3 aromatic carbocycles. The van der Waals surface area contributed by atoms with Crippen LogP contribution in [-0.2, 0) is 4.79 Å². The first-order valence-electron chi connectivity index (χ1n) is 10.0. The van der Waals surface area contributed by atoms with Gasteiger partial charge >= 0.3 is 11.6 Å². The molecule has 0 saturated carbocycles. The summed E-state index contributed by atoms with van der Waals surface area (Å²) in [7, 11) is 0. The van der Waals surface area contributed by atoms with Gasteiger partial charge < -0.3 is 14.3 Å². The number of benzene rings is 3. The number of carbonyl (C=O) groups is 1. The lowest BCUT2D eigenvalue weighted by Crippen LogP contribution is -2.20. The van der Waals surface area contributed by atoms with Crippen LogP contribution in [0.2, 0.25) is 0 Å². The molecule has 0 radical (unpaired) electrons. The van der Waals surface area contributed by atoms with Gasteiger partial charge in [0.1, 0.15) is 22.6 Å². The minimum Gasteiger partial charge on any atom is -0.506 e. The van der Waals surface area contributed by atoms with Crippen molar-refractivity contribution in [2.75, 3.05) is 0 Å². The van der Waals surface area contributed by atoms with Crippen molar-refractivity contribution in [3.05, 3.63) is 105 Å². The molecule has 4 aromatic rings. The van der Waals surface area contributed by atoms with E-state index in [-0.39, 0.29) is 16.9 Å². The molecular weight excluding hydrogens is 406 g/mol. The number of fused-ring (bicyclic) bond motifs is 1. The van der Waals surface area contributed by atoms with E-state index in [1.54, 1.807) is 54.6 Å². The number of rotatable bonds is 4. The van der Waals surface area contributed by atoms with Crippen LogP contribution < -0.4 is 10.4 Å². The summed E-state index contributed by atoms with van der Waals surface area (Å²) in [5.74, 6) is -0.964. The average molecular weight is 427 g/mol. The minimum atomic E-state index is -0.906. The second kappa shape index (κ2) is 8.51. The Labute approximate surface area is 184 Å². The largest absolute Gasteiger partial charge is 0.506 e. The number of aliphatic hydroxyl groups is 1. The Bertz CT molecular complexity index is 1390. The zero-order valence-electron chi connectivity index (χ0n) is 17.9. The number of hydrogen-bond acceptors (Lipinski definition) is 6. The molecule has 0 unspecified atom stereocenters. The Morgan fingerprint density at radius 1 is 0.938 bits per heavy atom. The molecule has 0 atom stereocenters. The summed E-state index contributed by atoms with van der Waals surface area (Å²) in [6.07, 6.45) is 0. The molecule has 1 heterocycles. The first-order valence-corrected chi connectivity index (χ1v) is 10.0. The van der Waals surface area contributed by atoms with Crippen molar-refractivity contribution in [3.8, 4) is 5.75 Å². The molecule has 4 rings (SSSR count). The highest BCUT2D eigenvalue weighted by molar-refractivity contribution is 6.23. The Morgan fingerprint density at radius 3 is 2.25 bits per heavy atom. The van der Waals surface area contributed by atoms with E-state index >= 15 is 0 Å². The van der Waals surface area contributed by atoms with Crippen molar-refractivity contribution in [2.45, 2.75) is 20.8 Å². The fraction of sp³-hybridized carbons (Fsp3) is 0.115. The highest BCUT2D eigenvalue weighted by Crippen LogP contribution is 2.29. The normalized spacial score (nSPS) is 11.8. The number of hydrogen-bond donors (Lipinski definition) is 1. The third-order valence-electron chi connectivity index (χ3n) is 5.02. The van der Waals surface area contributed by atoms with E-state index < -0.39 is 17.4 Å². The third-order valence-corrected chi connectivity index (χ3v) is 5.02. The van der Waals surface area contributed by atoms with Gasteiger partial charge in [-0.1, -0.05) is 60.2 Å². The van der Waals surface area contributed by atoms with Gasteiger partial charge in [0.2, 0.25) is 0 Å². The zero-order valence-corrected chi connectivity index (χ0v) is 17.9. The van der Waals surface area contributed by atoms with E-state index in [1.807, 2.05) is 32.9 Å². The summed E-state index contributed by atoms with van der Waals surface area (Å²) in [5.41, 5.74) is 1.99. The van der Waals surface area contributed by atoms with Crippen molar-refractivity contribution in [1.29, 1.82) is 0 Å². The molecule has 1 N–H and O–H groups in total. The van der Waals surface area contributed by atoms with Crippen LogP contribution >= 0.6 is 0 Å². The van der Waals surface area contributed by atoms with Gasteiger partial charge in [0.05, 0.1) is 0 Å². The van der Waals surface area contributed by atoms with E-state index in [4.69, 9.17) is 9.15 Å². The quantitative estimate of drug-likeness (QED) is 0.210. The number of aryl methyl sites for hydroxylation is 3. The van der Waals surface area contributed by atoms with Crippen LogP contribution in [0.15, 0.2) is 75.9 Å². The Kier molecular flexibility index (Phi) is 5.60. The Balaban J connectivity index is 1.91. The third kappa shape index (κ3) is 4.03. The Hall–Kier alpha value is -4.19. The summed E-state index contributed by atoms with van der Waals surface area (Å²) in [4.78, 5) is 30.4. The predicted molar refractivity (Wildman–Crippen MR) is 122 cm³/mol. The van der Waals surface area contributed by atoms with Crippen LogP contribution in [-0.4, -0.2) is 16.1 Å². The molecule has 0 aliphatic carbocycles. The second-order valence-electron chi connectivity index (χ2n) is 7.52. The summed E-state index contributed by atoms with van der Waals surface area (Å²) >= 11 is 0. The first-order chi connectivity index (χ1) is 15.3. The van der Waals surface area contributed by atoms with Gasteiger partial charge in [0.15, 0.2) is 11.3 Å². The molecule has 160 valence electrons. The smallest absolute Gasteiger partial charge is 0.363 e. The molecule has 1 aromatic heterocycles. The number of ether oxygens (including phenoxy) is 1. The molecule has 0 aliphatic rings. The van der Waals surface area contributed by atoms with Gasteiger partial charge in [0.25, 0.3) is 0 Å². The van der Waals surface area contributed by atoms with Gasteiger partial charge in [0, 0.05) is 5.56 Å². The van der Waals surface area contributed by atoms with Gasteiger partial charge in [-0.25, -0.2) is 14.6 Å². The van der Waals surface area contributed by atoms with Crippen LogP contribution in [0.5, 0.6) is 5.75 Å². The van der Waals surface area contributed by atoms with Crippen LogP contribution in [0.4, 0.5) is 0 Å². The molecule has 0 amide bonds. The topological polar surface area (TPSA) is 89.6 Å². The summed E-state index contributed by atoms with van der Waals surface area (Å²) in [6, 6.07) is 18.9.